The van der Waals surface area contributed by atoms with Crippen molar-refractivity contribution < 1.29 is 9.90 Å². The second-order valence-corrected chi connectivity index (χ2v) is 3.95. The molecular weight excluding hydrogens is 214 g/mol. The van der Waals surface area contributed by atoms with Crippen LogP contribution in [0.25, 0.3) is 0 Å². The fraction of sp³-hybridized carbons (Fsp3) is 0.667. The van der Waals surface area contributed by atoms with Gasteiger partial charge in [0.1, 0.15) is 11.9 Å². The zero-order chi connectivity index (χ0) is 11.4. The molecule has 0 aliphatic heterocycles. The summed E-state index contributed by atoms with van der Waals surface area (Å²) in [5.74, 6) is -0.0599. The highest BCUT2D eigenvalue weighted by Crippen LogP contribution is 2.19. The lowest BCUT2D eigenvalue weighted by Gasteiger charge is -2.22. The molecule has 1 atom stereocenters. The third kappa shape index (κ3) is 2.65. The maximum atomic E-state index is 10.9. The molecule has 1 N–H and O–H groups in total. The van der Waals surface area contributed by atoms with Crippen LogP contribution in [-0.2, 0) is 11.2 Å². The van der Waals surface area contributed by atoms with Crippen molar-refractivity contribution in [3.8, 4) is 0 Å². The Labute approximate surface area is 92.9 Å². The van der Waals surface area contributed by atoms with Crippen LogP contribution in [0.2, 0.25) is 0 Å². The van der Waals surface area contributed by atoms with Crippen LogP contribution < -0.4 is 4.90 Å². The molecule has 0 spiro atoms. The molecule has 0 aliphatic carbocycles. The van der Waals surface area contributed by atoms with Crippen LogP contribution in [0.5, 0.6) is 0 Å². The molecule has 1 rings (SSSR count). The van der Waals surface area contributed by atoms with E-state index in [-0.39, 0.29) is 0 Å². The highest BCUT2D eigenvalue weighted by molar-refractivity contribution is 7.09. The SMILES string of the molecule is CCc1nsc(N(C)C(CC)C(=O)O)n1. The number of anilines is 1. The second-order valence-electron chi connectivity index (χ2n) is 3.22. The van der Waals surface area contributed by atoms with E-state index < -0.39 is 12.0 Å². The Kier molecular flexibility index (Phi) is 4.02. The van der Waals surface area contributed by atoms with Crippen molar-refractivity contribution in [3.05, 3.63) is 5.82 Å². The Hall–Kier alpha value is -1.17. The second kappa shape index (κ2) is 5.06. The van der Waals surface area contributed by atoms with Gasteiger partial charge < -0.3 is 10.0 Å². The van der Waals surface area contributed by atoms with Gasteiger partial charge in [0.05, 0.1) is 0 Å². The van der Waals surface area contributed by atoms with Crippen LogP contribution in [0.15, 0.2) is 0 Å². The number of aromatic nitrogens is 2. The number of aryl methyl sites for hydroxylation is 1. The molecule has 0 saturated carbocycles. The molecule has 1 aromatic rings. The summed E-state index contributed by atoms with van der Waals surface area (Å²) in [4.78, 5) is 16.9. The first-order chi connectivity index (χ1) is 7.10. The van der Waals surface area contributed by atoms with E-state index in [1.807, 2.05) is 13.8 Å². The van der Waals surface area contributed by atoms with Gasteiger partial charge in [0, 0.05) is 25.0 Å². The lowest BCUT2D eigenvalue weighted by atomic mass is 10.2. The molecule has 84 valence electrons. The minimum absolute atomic E-state index is 0.525. The van der Waals surface area contributed by atoms with Crippen LogP contribution in [0.1, 0.15) is 26.1 Å². The molecule has 15 heavy (non-hydrogen) atoms. The first-order valence-corrected chi connectivity index (χ1v) is 5.65. The number of hydrogen-bond donors (Lipinski definition) is 1. The van der Waals surface area contributed by atoms with E-state index in [1.165, 1.54) is 11.5 Å². The van der Waals surface area contributed by atoms with E-state index in [0.717, 1.165) is 12.2 Å². The van der Waals surface area contributed by atoms with Crippen molar-refractivity contribution in [3.63, 3.8) is 0 Å². The summed E-state index contributed by atoms with van der Waals surface area (Å²) in [5, 5.41) is 9.65. The lowest BCUT2D eigenvalue weighted by molar-refractivity contribution is -0.138. The van der Waals surface area contributed by atoms with Gasteiger partial charge in [0.15, 0.2) is 0 Å². The van der Waals surface area contributed by atoms with Gasteiger partial charge in [-0.25, -0.2) is 9.78 Å². The summed E-state index contributed by atoms with van der Waals surface area (Å²) in [6.45, 7) is 3.82. The Balaban J connectivity index is 2.82. The van der Waals surface area contributed by atoms with Crippen LogP contribution in [0, 0.1) is 0 Å². The lowest BCUT2D eigenvalue weighted by Crippen LogP contribution is -2.37. The van der Waals surface area contributed by atoms with Crippen LogP contribution in [-0.4, -0.2) is 33.5 Å². The number of hydrogen-bond acceptors (Lipinski definition) is 5. The average Bonchev–Trinajstić information content (AvgIpc) is 2.66. The van der Waals surface area contributed by atoms with Crippen LogP contribution in [0.3, 0.4) is 0 Å². The predicted molar refractivity (Wildman–Crippen MR) is 59.4 cm³/mol. The van der Waals surface area contributed by atoms with Gasteiger partial charge in [-0.1, -0.05) is 13.8 Å². The predicted octanol–water partition coefficient (Wildman–Crippen LogP) is 1.40. The maximum Gasteiger partial charge on any atom is 0.326 e. The van der Waals surface area contributed by atoms with Gasteiger partial charge in [-0.05, 0) is 6.42 Å². The van der Waals surface area contributed by atoms with Crippen molar-refractivity contribution in [2.75, 3.05) is 11.9 Å². The summed E-state index contributed by atoms with van der Waals surface area (Å²) in [6, 6.07) is -0.525. The average molecular weight is 229 g/mol. The minimum atomic E-state index is -0.826. The summed E-state index contributed by atoms with van der Waals surface area (Å²) in [7, 11) is 1.74. The number of carboxylic acids is 1. The van der Waals surface area contributed by atoms with E-state index in [2.05, 4.69) is 9.36 Å². The summed E-state index contributed by atoms with van der Waals surface area (Å²) < 4.78 is 4.13. The highest BCUT2D eigenvalue weighted by atomic mass is 32.1. The fourth-order valence-electron chi connectivity index (χ4n) is 1.28. The largest absolute Gasteiger partial charge is 0.480 e. The first kappa shape index (κ1) is 11.9. The Morgan fingerprint density at radius 1 is 1.60 bits per heavy atom. The third-order valence-corrected chi connectivity index (χ3v) is 3.06. The number of likely N-dealkylation sites (N-methyl/N-ethyl adjacent to an activating group) is 1. The fourth-order valence-corrected chi connectivity index (χ4v) is 2.04. The number of rotatable bonds is 5. The number of aliphatic carboxylic acids is 1. The molecule has 1 aromatic heterocycles. The van der Waals surface area contributed by atoms with Crippen molar-refractivity contribution in [1.82, 2.24) is 9.36 Å². The normalized spacial score (nSPS) is 12.5. The van der Waals surface area contributed by atoms with Gasteiger partial charge in [0.25, 0.3) is 0 Å². The van der Waals surface area contributed by atoms with E-state index >= 15 is 0 Å². The molecule has 1 heterocycles. The van der Waals surface area contributed by atoms with Gasteiger partial charge in [-0.3, -0.25) is 0 Å². The first-order valence-electron chi connectivity index (χ1n) is 4.88. The molecule has 0 amide bonds. The summed E-state index contributed by atoms with van der Waals surface area (Å²) in [6.07, 6.45) is 1.32. The third-order valence-electron chi connectivity index (χ3n) is 2.21. The van der Waals surface area contributed by atoms with E-state index in [0.29, 0.717) is 11.6 Å². The highest BCUT2D eigenvalue weighted by Gasteiger charge is 2.23. The zero-order valence-corrected chi connectivity index (χ0v) is 9.91. The van der Waals surface area contributed by atoms with Gasteiger partial charge in [-0.2, -0.15) is 4.37 Å². The summed E-state index contributed by atoms with van der Waals surface area (Å²) in [5.41, 5.74) is 0. The quantitative estimate of drug-likeness (QED) is 0.826. The van der Waals surface area contributed by atoms with E-state index in [9.17, 15) is 4.79 Å². The Morgan fingerprint density at radius 2 is 2.27 bits per heavy atom. The Bertz CT molecular complexity index is 340. The molecule has 0 radical (unpaired) electrons. The molecular formula is C9H15N3O2S. The zero-order valence-electron chi connectivity index (χ0n) is 9.10. The molecule has 0 fully saturated rings. The number of nitrogens with zero attached hydrogens (tertiary/aromatic N) is 3. The molecule has 6 heteroatoms. The maximum absolute atomic E-state index is 10.9. The van der Waals surface area contributed by atoms with Crippen molar-refractivity contribution >= 4 is 22.6 Å². The molecule has 0 aliphatic rings. The van der Waals surface area contributed by atoms with Crippen LogP contribution >= 0.6 is 11.5 Å². The van der Waals surface area contributed by atoms with Gasteiger partial charge in [0.2, 0.25) is 5.13 Å². The Morgan fingerprint density at radius 3 is 2.67 bits per heavy atom. The van der Waals surface area contributed by atoms with Crippen molar-refractivity contribution in [2.24, 2.45) is 0 Å². The van der Waals surface area contributed by atoms with Crippen molar-refractivity contribution in [2.45, 2.75) is 32.7 Å². The smallest absolute Gasteiger partial charge is 0.326 e. The number of carbonyl (C=O) groups is 1. The van der Waals surface area contributed by atoms with Crippen molar-refractivity contribution in [1.29, 1.82) is 0 Å². The molecule has 1 unspecified atom stereocenters. The van der Waals surface area contributed by atoms with Gasteiger partial charge in [-0.15, -0.1) is 0 Å². The topological polar surface area (TPSA) is 66.3 Å². The molecule has 0 saturated heterocycles. The number of carboxylic acid groups (broad SMARTS) is 1. The van der Waals surface area contributed by atoms with Gasteiger partial charge >= 0.3 is 5.97 Å². The van der Waals surface area contributed by atoms with Crippen LogP contribution in [0.4, 0.5) is 5.13 Å². The van der Waals surface area contributed by atoms with E-state index in [4.69, 9.17) is 5.11 Å². The summed E-state index contributed by atoms with van der Waals surface area (Å²) >= 11 is 1.24. The molecule has 0 bridgehead atoms. The molecule has 0 aromatic carbocycles. The molecule has 5 nitrogen and oxygen atoms in total. The standard InChI is InChI=1S/C9H15N3O2S/c1-4-6(8(13)14)12(3)9-10-7(5-2)11-15-9/h6H,4-5H2,1-3H3,(H,13,14). The minimum Gasteiger partial charge on any atom is -0.480 e. The monoisotopic (exact) mass is 229 g/mol. The van der Waals surface area contributed by atoms with E-state index in [1.54, 1.807) is 11.9 Å².